The molecular formula is C16H21N3O2. The quantitative estimate of drug-likeness (QED) is 0.905. The summed E-state index contributed by atoms with van der Waals surface area (Å²) in [5, 5.41) is 12.9. The van der Waals surface area contributed by atoms with E-state index in [9.17, 15) is 9.90 Å². The van der Waals surface area contributed by atoms with Crippen molar-refractivity contribution in [1.29, 1.82) is 0 Å². The number of hydrogen-bond donors (Lipinski definition) is 2. The van der Waals surface area contributed by atoms with Gasteiger partial charge < -0.3 is 10.4 Å². The van der Waals surface area contributed by atoms with E-state index in [-0.39, 0.29) is 5.69 Å². The molecule has 1 aliphatic carbocycles. The maximum Gasteiger partial charge on any atom is 0.356 e. The first kappa shape index (κ1) is 13.9. The Balaban J connectivity index is 1.94. The summed E-state index contributed by atoms with van der Waals surface area (Å²) in [4.78, 5) is 16.0. The molecule has 112 valence electrons. The molecule has 3 rings (SSSR count). The van der Waals surface area contributed by atoms with E-state index in [0.29, 0.717) is 29.3 Å². The minimum absolute atomic E-state index is 0.220. The van der Waals surface area contributed by atoms with Crippen molar-refractivity contribution >= 4 is 17.4 Å². The van der Waals surface area contributed by atoms with Crippen LogP contribution >= 0.6 is 0 Å². The molecule has 21 heavy (non-hydrogen) atoms. The molecule has 0 saturated heterocycles. The van der Waals surface area contributed by atoms with Crippen molar-refractivity contribution in [3.63, 3.8) is 0 Å². The molecular weight excluding hydrogens is 266 g/mol. The number of anilines is 1. The predicted octanol–water partition coefficient (Wildman–Crippen LogP) is 3.27. The molecule has 1 fully saturated rings. The van der Waals surface area contributed by atoms with E-state index in [1.165, 1.54) is 12.8 Å². The van der Waals surface area contributed by atoms with Crippen LogP contribution in [0.3, 0.4) is 0 Å². The third-order valence-electron chi connectivity index (χ3n) is 4.81. The lowest BCUT2D eigenvalue weighted by molar-refractivity contribution is 0.0690. The Morgan fingerprint density at radius 2 is 2.29 bits per heavy atom. The summed E-state index contributed by atoms with van der Waals surface area (Å²) in [5.41, 5.74) is 0.882. The SMILES string of the molecule is CCC1CCC(Nc2nc3ccccn3c2C(=O)O)C1C. The fourth-order valence-electron chi connectivity index (χ4n) is 3.50. The van der Waals surface area contributed by atoms with Gasteiger partial charge in [-0.2, -0.15) is 0 Å². The fraction of sp³-hybridized carbons (Fsp3) is 0.500. The van der Waals surface area contributed by atoms with Crippen LogP contribution in [0.1, 0.15) is 43.6 Å². The topological polar surface area (TPSA) is 66.6 Å². The number of nitrogens with one attached hydrogen (secondary N) is 1. The number of rotatable bonds is 4. The molecule has 1 aliphatic rings. The predicted molar refractivity (Wildman–Crippen MR) is 81.7 cm³/mol. The van der Waals surface area contributed by atoms with Crippen LogP contribution in [0.5, 0.6) is 0 Å². The first-order valence-corrected chi connectivity index (χ1v) is 7.58. The second-order valence-electron chi connectivity index (χ2n) is 5.90. The van der Waals surface area contributed by atoms with Crippen LogP contribution in [-0.2, 0) is 0 Å². The van der Waals surface area contributed by atoms with E-state index in [1.54, 1.807) is 10.6 Å². The van der Waals surface area contributed by atoms with Crippen LogP contribution < -0.4 is 5.32 Å². The summed E-state index contributed by atoms with van der Waals surface area (Å²) < 4.78 is 1.63. The van der Waals surface area contributed by atoms with Gasteiger partial charge in [0.05, 0.1) is 0 Å². The van der Waals surface area contributed by atoms with Crippen LogP contribution in [0.4, 0.5) is 5.82 Å². The van der Waals surface area contributed by atoms with Crippen LogP contribution in [0.15, 0.2) is 24.4 Å². The number of pyridine rings is 1. The van der Waals surface area contributed by atoms with Crippen LogP contribution in [0.25, 0.3) is 5.65 Å². The number of hydrogen-bond acceptors (Lipinski definition) is 3. The van der Waals surface area contributed by atoms with Gasteiger partial charge in [0.25, 0.3) is 0 Å². The number of imidazole rings is 1. The van der Waals surface area contributed by atoms with Crippen molar-refractivity contribution in [3.05, 3.63) is 30.1 Å². The van der Waals surface area contributed by atoms with Crippen molar-refractivity contribution < 1.29 is 9.90 Å². The van der Waals surface area contributed by atoms with Crippen molar-refractivity contribution in [2.75, 3.05) is 5.32 Å². The van der Waals surface area contributed by atoms with E-state index in [1.807, 2.05) is 18.2 Å². The molecule has 2 aromatic heterocycles. The minimum Gasteiger partial charge on any atom is -0.476 e. The van der Waals surface area contributed by atoms with Crippen LogP contribution in [0, 0.1) is 11.8 Å². The smallest absolute Gasteiger partial charge is 0.356 e. The third-order valence-corrected chi connectivity index (χ3v) is 4.81. The third kappa shape index (κ3) is 2.37. The zero-order valence-corrected chi connectivity index (χ0v) is 12.4. The average molecular weight is 287 g/mol. The highest BCUT2D eigenvalue weighted by Gasteiger charge is 2.33. The zero-order valence-electron chi connectivity index (χ0n) is 12.4. The monoisotopic (exact) mass is 287 g/mol. The lowest BCUT2D eigenvalue weighted by atomic mass is 9.93. The molecule has 0 spiro atoms. The molecule has 3 atom stereocenters. The molecule has 2 aromatic rings. The summed E-state index contributed by atoms with van der Waals surface area (Å²) in [6.07, 6.45) is 5.19. The van der Waals surface area contributed by atoms with Gasteiger partial charge in [-0.25, -0.2) is 9.78 Å². The van der Waals surface area contributed by atoms with Gasteiger partial charge in [-0.15, -0.1) is 0 Å². The van der Waals surface area contributed by atoms with Crippen molar-refractivity contribution in [3.8, 4) is 0 Å². The Kier molecular flexibility index (Phi) is 3.57. The van der Waals surface area contributed by atoms with Gasteiger partial charge in [-0.3, -0.25) is 4.40 Å². The molecule has 1 saturated carbocycles. The molecule has 0 amide bonds. The van der Waals surface area contributed by atoms with E-state index in [4.69, 9.17) is 0 Å². The van der Waals surface area contributed by atoms with Gasteiger partial charge in [-0.1, -0.05) is 26.3 Å². The van der Waals surface area contributed by atoms with Gasteiger partial charge in [-0.05, 0) is 36.8 Å². The lowest BCUT2D eigenvalue weighted by Crippen LogP contribution is -2.25. The van der Waals surface area contributed by atoms with Crippen LogP contribution in [-0.4, -0.2) is 26.5 Å². The lowest BCUT2D eigenvalue weighted by Gasteiger charge is -2.21. The van der Waals surface area contributed by atoms with E-state index in [2.05, 4.69) is 24.1 Å². The minimum atomic E-state index is -0.950. The van der Waals surface area contributed by atoms with Gasteiger partial charge in [0.15, 0.2) is 11.5 Å². The number of fused-ring (bicyclic) bond motifs is 1. The highest BCUT2D eigenvalue weighted by molar-refractivity contribution is 5.93. The molecule has 0 bridgehead atoms. The van der Waals surface area contributed by atoms with E-state index in [0.717, 1.165) is 6.42 Å². The molecule has 5 heteroatoms. The second-order valence-corrected chi connectivity index (χ2v) is 5.90. The molecule has 2 heterocycles. The normalized spacial score (nSPS) is 25.3. The number of carboxylic acid groups (broad SMARTS) is 1. The Morgan fingerprint density at radius 1 is 1.48 bits per heavy atom. The summed E-state index contributed by atoms with van der Waals surface area (Å²) >= 11 is 0. The molecule has 0 aromatic carbocycles. The van der Waals surface area contributed by atoms with Gasteiger partial charge >= 0.3 is 5.97 Å². The summed E-state index contributed by atoms with van der Waals surface area (Å²) in [6, 6.07) is 5.81. The first-order valence-electron chi connectivity index (χ1n) is 7.58. The highest BCUT2D eigenvalue weighted by Crippen LogP contribution is 2.36. The number of nitrogens with zero attached hydrogens (tertiary/aromatic N) is 2. The Hall–Kier alpha value is -2.04. The van der Waals surface area contributed by atoms with E-state index < -0.39 is 5.97 Å². The number of carboxylic acids is 1. The number of aromatic carboxylic acids is 1. The van der Waals surface area contributed by atoms with Crippen molar-refractivity contribution in [2.24, 2.45) is 11.8 Å². The number of aromatic nitrogens is 2. The van der Waals surface area contributed by atoms with Gasteiger partial charge in [0.1, 0.15) is 5.65 Å². The summed E-state index contributed by atoms with van der Waals surface area (Å²) in [6.45, 7) is 4.46. The molecule has 3 unspecified atom stereocenters. The Labute approximate surface area is 124 Å². The van der Waals surface area contributed by atoms with Gasteiger partial charge in [0, 0.05) is 12.2 Å². The number of carbonyl (C=O) groups is 1. The maximum atomic E-state index is 11.6. The zero-order chi connectivity index (χ0) is 15.0. The molecule has 0 aliphatic heterocycles. The van der Waals surface area contributed by atoms with E-state index >= 15 is 0 Å². The maximum absolute atomic E-state index is 11.6. The standard InChI is InChI=1S/C16H21N3O2/c1-3-11-7-8-12(10(11)2)17-15-14(16(20)21)19-9-5-4-6-13(19)18-15/h4-6,9-12,17H,3,7-8H2,1-2H3,(H,20,21). The Morgan fingerprint density at radius 3 is 2.95 bits per heavy atom. The van der Waals surface area contributed by atoms with Crippen molar-refractivity contribution in [1.82, 2.24) is 9.38 Å². The van der Waals surface area contributed by atoms with Crippen LogP contribution in [0.2, 0.25) is 0 Å². The highest BCUT2D eigenvalue weighted by atomic mass is 16.4. The Bertz CT molecular complexity index is 665. The molecule has 2 N–H and O–H groups in total. The largest absolute Gasteiger partial charge is 0.476 e. The molecule has 0 radical (unpaired) electrons. The van der Waals surface area contributed by atoms with Crippen molar-refractivity contribution in [2.45, 2.75) is 39.2 Å². The summed E-state index contributed by atoms with van der Waals surface area (Å²) in [5.74, 6) is 0.797. The summed E-state index contributed by atoms with van der Waals surface area (Å²) in [7, 11) is 0. The molecule has 5 nitrogen and oxygen atoms in total. The van der Waals surface area contributed by atoms with Gasteiger partial charge in [0.2, 0.25) is 0 Å². The fourth-order valence-corrected chi connectivity index (χ4v) is 3.50. The first-order chi connectivity index (χ1) is 10.1. The second kappa shape index (κ2) is 5.39. The average Bonchev–Trinajstić information content (AvgIpc) is 3.00.